The first-order chi connectivity index (χ1) is 14.6. The molecule has 1 unspecified atom stereocenters. The van der Waals surface area contributed by atoms with Gasteiger partial charge in [0.2, 0.25) is 0 Å². The van der Waals surface area contributed by atoms with E-state index in [0.29, 0.717) is 6.42 Å². The van der Waals surface area contributed by atoms with E-state index < -0.39 is 32.4 Å². The van der Waals surface area contributed by atoms with Gasteiger partial charge in [-0.15, -0.1) is 0 Å². The Labute approximate surface area is 194 Å². The second-order valence-electron chi connectivity index (χ2n) is 10.6. The van der Waals surface area contributed by atoms with Crippen molar-refractivity contribution in [2.75, 3.05) is 20.8 Å². The second kappa shape index (κ2) is 11.6. The molecule has 1 aromatic rings. The highest BCUT2D eigenvalue weighted by molar-refractivity contribution is 6.74. The number of amides is 1. The number of carbonyl (C=O) groups is 1. The topological polar surface area (TPSA) is 86.2 Å². The predicted molar refractivity (Wildman–Crippen MR) is 129 cm³/mol. The van der Waals surface area contributed by atoms with Crippen LogP contribution in [0.4, 0.5) is 4.79 Å². The van der Waals surface area contributed by atoms with Gasteiger partial charge in [0.1, 0.15) is 5.60 Å². The number of ether oxygens (including phenoxy) is 3. The van der Waals surface area contributed by atoms with E-state index in [-0.39, 0.29) is 17.7 Å². The van der Waals surface area contributed by atoms with Gasteiger partial charge in [-0.25, -0.2) is 4.79 Å². The molecule has 2 N–H and O–H groups in total. The van der Waals surface area contributed by atoms with Crippen LogP contribution in [0.2, 0.25) is 18.1 Å². The van der Waals surface area contributed by atoms with Crippen molar-refractivity contribution in [3.05, 3.63) is 35.4 Å². The normalized spacial score (nSPS) is 14.9. The Bertz CT molecular complexity index is 705. The number of methoxy groups -OCH3 is 2. The highest BCUT2D eigenvalue weighted by Gasteiger charge is 2.39. The number of benzene rings is 1. The Hall–Kier alpha value is -1.45. The first-order valence-corrected chi connectivity index (χ1v) is 14.0. The van der Waals surface area contributed by atoms with Crippen LogP contribution in [0, 0.1) is 0 Å². The Morgan fingerprint density at radius 3 is 1.94 bits per heavy atom. The van der Waals surface area contributed by atoms with Crippen molar-refractivity contribution in [3.8, 4) is 0 Å². The summed E-state index contributed by atoms with van der Waals surface area (Å²) in [4.78, 5) is 12.2. The fourth-order valence-electron chi connectivity index (χ4n) is 2.91. The molecule has 0 radical (unpaired) electrons. The van der Waals surface area contributed by atoms with Crippen molar-refractivity contribution in [2.45, 2.75) is 90.2 Å². The monoisotopic (exact) mass is 469 g/mol. The molecule has 2 atom stereocenters. The van der Waals surface area contributed by atoms with Crippen LogP contribution >= 0.6 is 0 Å². The summed E-state index contributed by atoms with van der Waals surface area (Å²) in [7, 11) is 1.04. The van der Waals surface area contributed by atoms with Crippen LogP contribution in [0.1, 0.15) is 71.5 Å². The molecule has 0 fully saturated rings. The van der Waals surface area contributed by atoms with Gasteiger partial charge in [-0.05, 0) is 44.5 Å². The standard InChI is InChI=1S/C24H43NO6Si/c1-23(2,3)30-22(27)25-16-19(31-32(9,10)24(4,5)6)15-20(26)17-11-13-18(14-12-17)21(28-7)29-8/h11-14,19-21,26H,15-16H2,1-10H3,(H,25,27)/t19-,20?/m1/s1. The van der Waals surface area contributed by atoms with E-state index in [1.807, 2.05) is 45.0 Å². The lowest BCUT2D eigenvalue weighted by Gasteiger charge is -2.39. The van der Waals surface area contributed by atoms with Gasteiger partial charge >= 0.3 is 6.09 Å². The summed E-state index contributed by atoms with van der Waals surface area (Å²) < 4.78 is 22.4. The van der Waals surface area contributed by atoms with Gasteiger partial charge in [-0.3, -0.25) is 0 Å². The molecule has 1 aromatic carbocycles. The maximum atomic E-state index is 12.2. The fourth-order valence-corrected chi connectivity index (χ4v) is 4.27. The zero-order valence-corrected chi connectivity index (χ0v) is 22.4. The smallest absolute Gasteiger partial charge is 0.407 e. The molecule has 184 valence electrons. The average Bonchev–Trinajstić information content (AvgIpc) is 2.65. The molecule has 0 saturated carbocycles. The van der Waals surface area contributed by atoms with Gasteiger partial charge in [0, 0.05) is 32.7 Å². The van der Waals surface area contributed by atoms with E-state index in [9.17, 15) is 9.90 Å². The summed E-state index contributed by atoms with van der Waals surface area (Å²) in [5.74, 6) is 0. The number of carbonyl (C=O) groups excluding carboxylic acids is 1. The summed E-state index contributed by atoms with van der Waals surface area (Å²) >= 11 is 0. The van der Waals surface area contributed by atoms with Crippen LogP contribution in [0.15, 0.2) is 24.3 Å². The van der Waals surface area contributed by atoms with E-state index in [2.05, 4.69) is 39.2 Å². The molecule has 0 aliphatic rings. The Balaban J connectivity index is 2.94. The van der Waals surface area contributed by atoms with E-state index in [1.165, 1.54) is 0 Å². The van der Waals surface area contributed by atoms with E-state index in [1.54, 1.807) is 14.2 Å². The number of hydrogen-bond acceptors (Lipinski definition) is 6. The molecular formula is C24H43NO6Si. The van der Waals surface area contributed by atoms with Crippen molar-refractivity contribution in [1.29, 1.82) is 0 Å². The Kier molecular flexibility index (Phi) is 10.4. The molecule has 0 aliphatic heterocycles. The van der Waals surface area contributed by atoms with Gasteiger partial charge < -0.3 is 29.1 Å². The van der Waals surface area contributed by atoms with Crippen molar-refractivity contribution >= 4 is 14.4 Å². The number of hydrogen-bond donors (Lipinski definition) is 2. The van der Waals surface area contributed by atoms with Crippen LogP contribution in [-0.2, 0) is 18.6 Å². The first-order valence-electron chi connectivity index (χ1n) is 11.1. The molecule has 7 nitrogen and oxygen atoms in total. The quantitative estimate of drug-likeness (QED) is 0.356. The number of aliphatic hydroxyl groups excluding tert-OH is 1. The van der Waals surface area contributed by atoms with Gasteiger partial charge in [0.25, 0.3) is 0 Å². The molecule has 1 amide bonds. The van der Waals surface area contributed by atoms with Crippen LogP contribution in [0.25, 0.3) is 0 Å². The fraction of sp³-hybridized carbons (Fsp3) is 0.708. The second-order valence-corrected chi connectivity index (χ2v) is 15.4. The molecule has 0 spiro atoms. The molecule has 1 rings (SSSR count). The van der Waals surface area contributed by atoms with Crippen molar-refractivity contribution in [3.63, 3.8) is 0 Å². The predicted octanol–water partition coefficient (Wildman–Crippen LogP) is 5.32. The SMILES string of the molecule is COC(OC)c1ccc(C(O)C[C@H](CNC(=O)OC(C)(C)C)O[Si](C)(C)C(C)(C)C)cc1. The van der Waals surface area contributed by atoms with E-state index in [0.717, 1.165) is 11.1 Å². The maximum absolute atomic E-state index is 12.2. The minimum atomic E-state index is -2.12. The molecule has 32 heavy (non-hydrogen) atoms. The van der Waals surface area contributed by atoms with Crippen molar-refractivity contribution in [2.24, 2.45) is 0 Å². The summed E-state index contributed by atoms with van der Waals surface area (Å²) in [6.07, 6.45) is -1.70. The van der Waals surface area contributed by atoms with E-state index >= 15 is 0 Å². The first kappa shape index (κ1) is 28.6. The van der Waals surface area contributed by atoms with Crippen LogP contribution in [0.3, 0.4) is 0 Å². The lowest BCUT2D eigenvalue weighted by Crippen LogP contribution is -2.47. The number of alkyl carbamates (subject to hydrolysis) is 1. The largest absolute Gasteiger partial charge is 0.444 e. The third-order valence-corrected chi connectivity index (χ3v) is 10.2. The number of nitrogens with one attached hydrogen (secondary N) is 1. The van der Waals surface area contributed by atoms with Crippen LogP contribution in [0.5, 0.6) is 0 Å². The summed E-state index contributed by atoms with van der Waals surface area (Å²) in [5, 5.41) is 13.7. The van der Waals surface area contributed by atoms with Crippen LogP contribution in [-0.4, -0.2) is 52.0 Å². The highest BCUT2D eigenvalue weighted by Crippen LogP contribution is 2.38. The van der Waals surface area contributed by atoms with Gasteiger partial charge in [-0.2, -0.15) is 0 Å². The van der Waals surface area contributed by atoms with Gasteiger partial charge in [-0.1, -0.05) is 45.0 Å². The minimum Gasteiger partial charge on any atom is -0.444 e. The van der Waals surface area contributed by atoms with Gasteiger partial charge in [0.15, 0.2) is 14.6 Å². The highest BCUT2D eigenvalue weighted by atomic mass is 28.4. The Morgan fingerprint density at radius 2 is 1.50 bits per heavy atom. The third-order valence-electron chi connectivity index (χ3n) is 5.65. The lowest BCUT2D eigenvalue weighted by atomic mass is 10.0. The lowest BCUT2D eigenvalue weighted by molar-refractivity contribution is -0.106. The third kappa shape index (κ3) is 9.19. The summed E-state index contributed by atoms with van der Waals surface area (Å²) in [6, 6.07) is 7.46. The Morgan fingerprint density at radius 1 is 1.00 bits per heavy atom. The van der Waals surface area contributed by atoms with Crippen molar-refractivity contribution in [1.82, 2.24) is 5.32 Å². The zero-order chi connectivity index (χ0) is 24.7. The molecule has 8 heteroatoms. The maximum Gasteiger partial charge on any atom is 0.407 e. The molecule has 0 aromatic heterocycles. The summed E-state index contributed by atoms with van der Waals surface area (Å²) in [6.45, 7) is 16.5. The molecule has 0 saturated heterocycles. The number of aliphatic hydroxyl groups is 1. The number of rotatable bonds is 10. The van der Waals surface area contributed by atoms with Crippen LogP contribution < -0.4 is 5.32 Å². The average molecular weight is 470 g/mol. The van der Waals surface area contributed by atoms with E-state index in [4.69, 9.17) is 18.6 Å². The molecule has 0 aliphatic carbocycles. The minimum absolute atomic E-state index is 0.000906. The summed E-state index contributed by atoms with van der Waals surface area (Å²) in [5.41, 5.74) is 1.05. The van der Waals surface area contributed by atoms with Crippen molar-refractivity contribution < 1.29 is 28.5 Å². The molecule has 0 heterocycles. The molecular weight excluding hydrogens is 426 g/mol. The zero-order valence-electron chi connectivity index (χ0n) is 21.4. The van der Waals surface area contributed by atoms with Gasteiger partial charge in [0.05, 0.1) is 12.2 Å². The molecule has 0 bridgehead atoms.